The maximum absolute atomic E-state index is 13.3. The van der Waals surface area contributed by atoms with Gasteiger partial charge in [-0.2, -0.15) is 0 Å². The highest BCUT2D eigenvalue weighted by molar-refractivity contribution is 5.79. The van der Waals surface area contributed by atoms with E-state index in [4.69, 9.17) is 4.74 Å². The normalized spacial score (nSPS) is 11.1. The van der Waals surface area contributed by atoms with Crippen molar-refractivity contribution < 1.29 is 9.13 Å². The molecule has 2 N–H and O–H groups in total. The molecule has 0 spiro atoms. The van der Waals surface area contributed by atoms with E-state index in [1.807, 2.05) is 0 Å². The fraction of sp³-hybridized carbons (Fsp3) is 0.364. The van der Waals surface area contributed by atoms with Crippen molar-refractivity contribution in [2.45, 2.75) is 6.54 Å². The highest BCUT2D eigenvalue weighted by atomic mass is 19.1. The predicted octanol–water partition coefficient (Wildman–Crippen LogP) is 1.13. The van der Waals surface area contributed by atoms with Gasteiger partial charge in [-0.15, -0.1) is 0 Å². The van der Waals surface area contributed by atoms with E-state index in [0.29, 0.717) is 12.5 Å². The van der Waals surface area contributed by atoms with E-state index in [1.165, 1.54) is 13.2 Å². The molecule has 88 valence electrons. The summed E-state index contributed by atoms with van der Waals surface area (Å²) in [6.07, 6.45) is 0. The Hall–Kier alpha value is -1.78. The van der Waals surface area contributed by atoms with E-state index in [9.17, 15) is 4.39 Å². The molecule has 0 atom stereocenters. The van der Waals surface area contributed by atoms with Crippen molar-refractivity contribution in [2.75, 3.05) is 21.2 Å². The van der Waals surface area contributed by atoms with E-state index in [1.54, 1.807) is 26.2 Å². The van der Waals surface area contributed by atoms with Crippen LogP contribution in [0.4, 0.5) is 4.39 Å². The third kappa shape index (κ3) is 3.12. The van der Waals surface area contributed by atoms with Gasteiger partial charge in [-0.1, -0.05) is 6.07 Å². The van der Waals surface area contributed by atoms with Crippen LogP contribution in [0.1, 0.15) is 5.56 Å². The van der Waals surface area contributed by atoms with Crippen LogP contribution in [0.3, 0.4) is 0 Å². The van der Waals surface area contributed by atoms with Gasteiger partial charge in [0.25, 0.3) is 0 Å². The fourth-order valence-electron chi connectivity index (χ4n) is 1.28. The van der Waals surface area contributed by atoms with Crippen LogP contribution < -0.4 is 15.4 Å². The summed E-state index contributed by atoms with van der Waals surface area (Å²) in [6, 6.07) is 4.85. The number of hydrogen-bond donors (Lipinski definition) is 2. The topological polar surface area (TPSA) is 45.7 Å². The van der Waals surface area contributed by atoms with E-state index in [2.05, 4.69) is 15.6 Å². The molecule has 0 radical (unpaired) electrons. The molecule has 5 heteroatoms. The molecule has 0 aliphatic rings. The maximum atomic E-state index is 13.3. The van der Waals surface area contributed by atoms with Gasteiger partial charge >= 0.3 is 0 Å². The van der Waals surface area contributed by atoms with Crippen LogP contribution in [-0.2, 0) is 6.54 Å². The van der Waals surface area contributed by atoms with Crippen molar-refractivity contribution in [1.29, 1.82) is 0 Å². The minimum atomic E-state index is -0.360. The monoisotopic (exact) mass is 225 g/mol. The predicted molar refractivity (Wildman–Crippen MR) is 62.2 cm³/mol. The van der Waals surface area contributed by atoms with Crippen molar-refractivity contribution in [3.05, 3.63) is 29.6 Å². The number of rotatable bonds is 3. The van der Waals surface area contributed by atoms with Crippen LogP contribution in [-0.4, -0.2) is 27.2 Å². The molecule has 0 bridgehead atoms. The lowest BCUT2D eigenvalue weighted by atomic mass is 10.2. The molecule has 0 aliphatic heterocycles. The van der Waals surface area contributed by atoms with Crippen LogP contribution in [0.2, 0.25) is 0 Å². The Morgan fingerprint density at radius 2 is 2.25 bits per heavy atom. The standard InChI is InChI=1S/C11H16FN3O/c1-13-11(14-2)15-7-8-4-5-10(16-3)9(12)6-8/h4-6H,7H2,1-3H3,(H2,13,14,15). The van der Waals surface area contributed by atoms with E-state index in [0.717, 1.165) is 5.56 Å². The Balaban J connectivity index is 2.65. The van der Waals surface area contributed by atoms with Crippen LogP contribution in [0.15, 0.2) is 23.2 Å². The molecule has 0 aliphatic carbocycles. The molecule has 1 rings (SSSR count). The number of nitrogens with zero attached hydrogens (tertiary/aromatic N) is 1. The quantitative estimate of drug-likeness (QED) is 0.598. The number of nitrogens with one attached hydrogen (secondary N) is 2. The summed E-state index contributed by atoms with van der Waals surface area (Å²) in [5.41, 5.74) is 0.828. The molecule has 0 saturated carbocycles. The number of hydrogen-bond acceptors (Lipinski definition) is 2. The first-order valence-corrected chi connectivity index (χ1v) is 4.92. The Bertz CT molecular complexity index is 379. The first kappa shape index (κ1) is 12.3. The Labute approximate surface area is 94.5 Å². The zero-order valence-electron chi connectivity index (χ0n) is 9.67. The zero-order chi connectivity index (χ0) is 12.0. The summed E-state index contributed by atoms with van der Waals surface area (Å²) in [5.74, 6) is 0.555. The minimum absolute atomic E-state index is 0.252. The van der Waals surface area contributed by atoms with Gasteiger partial charge in [0, 0.05) is 20.6 Å². The van der Waals surface area contributed by atoms with Gasteiger partial charge in [-0.3, -0.25) is 4.99 Å². The highest BCUT2D eigenvalue weighted by Gasteiger charge is 2.03. The fourth-order valence-corrected chi connectivity index (χ4v) is 1.28. The second kappa shape index (κ2) is 5.95. The lowest BCUT2D eigenvalue weighted by Gasteiger charge is -2.09. The van der Waals surface area contributed by atoms with Crippen molar-refractivity contribution in [3.63, 3.8) is 0 Å². The van der Waals surface area contributed by atoms with Gasteiger partial charge in [0.2, 0.25) is 0 Å². The Morgan fingerprint density at radius 3 is 2.75 bits per heavy atom. The molecule has 1 aromatic carbocycles. The summed E-state index contributed by atoms with van der Waals surface area (Å²) < 4.78 is 18.2. The smallest absolute Gasteiger partial charge is 0.190 e. The van der Waals surface area contributed by atoms with Crippen LogP contribution in [0.5, 0.6) is 5.75 Å². The average Bonchev–Trinajstić information content (AvgIpc) is 2.30. The summed E-state index contributed by atoms with van der Waals surface area (Å²) in [5, 5.41) is 5.91. The van der Waals surface area contributed by atoms with Crippen LogP contribution >= 0.6 is 0 Å². The molecule has 0 saturated heterocycles. The van der Waals surface area contributed by atoms with Crippen molar-refractivity contribution in [3.8, 4) is 5.75 Å². The largest absolute Gasteiger partial charge is 0.494 e. The Morgan fingerprint density at radius 1 is 1.50 bits per heavy atom. The molecular weight excluding hydrogens is 209 g/mol. The van der Waals surface area contributed by atoms with Gasteiger partial charge in [0.15, 0.2) is 17.5 Å². The number of guanidine groups is 1. The second-order valence-corrected chi connectivity index (χ2v) is 3.14. The molecule has 16 heavy (non-hydrogen) atoms. The van der Waals surface area contributed by atoms with Gasteiger partial charge in [-0.25, -0.2) is 4.39 Å². The first-order chi connectivity index (χ1) is 7.71. The van der Waals surface area contributed by atoms with Gasteiger partial charge < -0.3 is 15.4 Å². The number of aliphatic imine (C=N–C) groups is 1. The van der Waals surface area contributed by atoms with Crippen LogP contribution in [0, 0.1) is 5.82 Å². The van der Waals surface area contributed by atoms with Crippen molar-refractivity contribution >= 4 is 5.96 Å². The average molecular weight is 225 g/mol. The van der Waals surface area contributed by atoms with Gasteiger partial charge in [-0.05, 0) is 17.7 Å². The van der Waals surface area contributed by atoms with Gasteiger partial charge in [0.1, 0.15) is 0 Å². The molecule has 4 nitrogen and oxygen atoms in total. The molecule has 0 aromatic heterocycles. The number of benzene rings is 1. The molecule has 0 heterocycles. The molecule has 0 unspecified atom stereocenters. The third-order valence-corrected chi connectivity index (χ3v) is 2.14. The molecule has 0 fully saturated rings. The third-order valence-electron chi connectivity index (χ3n) is 2.14. The minimum Gasteiger partial charge on any atom is -0.494 e. The maximum Gasteiger partial charge on any atom is 0.190 e. The van der Waals surface area contributed by atoms with E-state index < -0.39 is 0 Å². The first-order valence-electron chi connectivity index (χ1n) is 4.92. The number of halogens is 1. The second-order valence-electron chi connectivity index (χ2n) is 3.14. The van der Waals surface area contributed by atoms with Crippen molar-refractivity contribution in [1.82, 2.24) is 10.6 Å². The van der Waals surface area contributed by atoms with E-state index in [-0.39, 0.29) is 11.6 Å². The summed E-state index contributed by atoms with van der Waals surface area (Å²) >= 11 is 0. The highest BCUT2D eigenvalue weighted by Crippen LogP contribution is 2.17. The summed E-state index contributed by atoms with van der Waals surface area (Å²) in [7, 11) is 4.89. The molecular formula is C11H16FN3O. The number of methoxy groups -OCH3 is 1. The SMILES string of the molecule is CN=C(NC)NCc1ccc(OC)c(F)c1. The number of ether oxygens (including phenoxy) is 1. The molecule has 0 amide bonds. The van der Waals surface area contributed by atoms with Crippen molar-refractivity contribution in [2.24, 2.45) is 4.99 Å². The van der Waals surface area contributed by atoms with Crippen LogP contribution in [0.25, 0.3) is 0 Å². The van der Waals surface area contributed by atoms with E-state index >= 15 is 0 Å². The zero-order valence-corrected chi connectivity index (χ0v) is 9.67. The summed E-state index contributed by atoms with van der Waals surface area (Å²) in [4.78, 5) is 3.95. The molecule has 1 aromatic rings. The van der Waals surface area contributed by atoms with Gasteiger partial charge in [0.05, 0.1) is 7.11 Å². The Kier molecular flexibility index (Phi) is 4.57. The summed E-state index contributed by atoms with van der Waals surface area (Å²) in [6.45, 7) is 0.508. The lowest BCUT2D eigenvalue weighted by Crippen LogP contribution is -2.34. The lowest BCUT2D eigenvalue weighted by molar-refractivity contribution is 0.386.